The molecule has 1 unspecified atom stereocenters. The van der Waals surface area contributed by atoms with Crippen LogP contribution in [0.2, 0.25) is 0 Å². The van der Waals surface area contributed by atoms with Gasteiger partial charge in [-0.25, -0.2) is 0 Å². The lowest BCUT2D eigenvalue weighted by atomic mass is 10.1. The minimum atomic E-state index is 0.448. The van der Waals surface area contributed by atoms with Crippen LogP contribution in [0.25, 0.3) is 10.9 Å². The molecule has 96 valence electrons. The molecule has 2 nitrogen and oxygen atoms in total. The van der Waals surface area contributed by atoms with Gasteiger partial charge in [0.15, 0.2) is 0 Å². The predicted molar refractivity (Wildman–Crippen MR) is 80.1 cm³/mol. The Kier molecular flexibility index (Phi) is 3.35. The van der Waals surface area contributed by atoms with Crippen molar-refractivity contribution in [2.45, 2.75) is 31.1 Å². The zero-order chi connectivity index (χ0) is 12.4. The van der Waals surface area contributed by atoms with Crippen LogP contribution in [0.3, 0.4) is 0 Å². The summed E-state index contributed by atoms with van der Waals surface area (Å²) in [7, 11) is 0. The molecule has 1 atom stereocenters. The number of hydrogen-bond acceptors (Lipinski definition) is 2. The van der Waals surface area contributed by atoms with E-state index >= 15 is 0 Å². The molecule has 2 N–H and O–H groups in total. The van der Waals surface area contributed by atoms with E-state index in [-0.39, 0.29) is 0 Å². The van der Waals surface area contributed by atoms with Crippen molar-refractivity contribution >= 4 is 22.7 Å². The van der Waals surface area contributed by atoms with Crippen molar-refractivity contribution < 1.29 is 0 Å². The monoisotopic (exact) mass is 260 g/mol. The van der Waals surface area contributed by atoms with Crippen LogP contribution in [-0.4, -0.2) is 22.0 Å². The lowest BCUT2D eigenvalue weighted by Crippen LogP contribution is -2.32. The van der Waals surface area contributed by atoms with Gasteiger partial charge in [-0.1, -0.05) is 18.2 Å². The van der Waals surface area contributed by atoms with E-state index in [1.54, 1.807) is 0 Å². The second kappa shape index (κ2) is 4.98. The number of H-pyrrole nitrogens is 1. The first-order chi connectivity index (χ1) is 8.77. The standard InChI is InChI=1S/C15H20N2S/c1-15(7-3-9-18-15)11-16-10-13-5-2-4-12-6-8-17-14(12)13/h2,4-6,8,16-17H,3,7,9-11H2,1H3. The quantitative estimate of drug-likeness (QED) is 0.880. The van der Waals surface area contributed by atoms with Crippen molar-refractivity contribution in [1.82, 2.24) is 10.3 Å². The number of aromatic nitrogens is 1. The maximum Gasteiger partial charge on any atom is 0.0499 e. The number of para-hydroxylation sites is 1. The molecule has 18 heavy (non-hydrogen) atoms. The van der Waals surface area contributed by atoms with Gasteiger partial charge in [0.25, 0.3) is 0 Å². The van der Waals surface area contributed by atoms with E-state index in [4.69, 9.17) is 0 Å². The molecule has 1 aromatic carbocycles. The van der Waals surface area contributed by atoms with Gasteiger partial charge in [-0.2, -0.15) is 11.8 Å². The van der Waals surface area contributed by atoms with Gasteiger partial charge in [0.2, 0.25) is 0 Å². The van der Waals surface area contributed by atoms with E-state index in [9.17, 15) is 0 Å². The van der Waals surface area contributed by atoms with Crippen LogP contribution >= 0.6 is 11.8 Å². The molecule has 0 bridgehead atoms. The topological polar surface area (TPSA) is 27.8 Å². The fourth-order valence-electron chi connectivity index (χ4n) is 2.73. The van der Waals surface area contributed by atoms with Crippen LogP contribution in [0.15, 0.2) is 30.5 Å². The summed E-state index contributed by atoms with van der Waals surface area (Å²) in [6.45, 7) is 4.44. The Morgan fingerprint density at radius 1 is 1.39 bits per heavy atom. The third kappa shape index (κ3) is 2.43. The minimum Gasteiger partial charge on any atom is -0.361 e. The molecule has 0 saturated carbocycles. The highest BCUT2D eigenvalue weighted by atomic mass is 32.2. The average Bonchev–Trinajstić information content (AvgIpc) is 2.98. The molecule has 2 heterocycles. The summed E-state index contributed by atoms with van der Waals surface area (Å²) in [5, 5.41) is 4.93. The van der Waals surface area contributed by atoms with E-state index in [1.165, 1.54) is 35.1 Å². The van der Waals surface area contributed by atoms with Crippen molar-refractivity contribution in [3.8, 4) is 0 Å². The summed E-state index contributed by atoms with van der Waals surface area (Å²) in [6, 6.07) is 8.63. The van der Waals surface area contributed by atoms with Crippen molar-refractivity contribution in [2.24, 2.45) is 0 Å². The number of aromatic amines is 1. The molecule has 0 aliphatic carbocycles. The number of hydrogen-bond donors (Lipinski definition) is 2. The summed E-state index contributed by atoms with van der Waals surface area (Å²) in [5.41, 5.74) is 2.64. The second-order valence-electron chi connectivity index (χ2n) is 5.36. The van der Waals surface area contributed by atoms with Crippen LogP contribution in [0.4, 0.5) is 0 Å². The molecule has 1 aromatic heterocycles. The highest BCUT2D eigenvalue weighted by molar-refractivity contribution is 8.00. The smallest absolute Gasteiger partial charge is 0.0499 e. The van der Waals surface area contributed by atoms with Gasteiger partial charge in [0, 0.05) is 29.6 Å². The molecule has 0 radical (unpaired) electrons. The molecule has 1 aliphatic rings. The SMILES string of the molecule is CC1(CNCc2cccc3cc[nH]c23)CCCS1. The molecule has 1 fully saturated rings. The summed E-state index contributed by atoms with van der Waals surface area (Å²) in [4.78, 5) is 3.33. The number of benzene rings is 1. The molecule has 3 rings (SSSR count). The Hall–Kier alpha value is -0.930. The zero-order valence-corrected chi connectivity index (χ0v) is 11.6. The van der Waals surface area contributed by atoms with E-state index in [2.05, 4.69) is 53.3 Å². The van der Waals surface area contributed by atoms with Gasteiger partial charge in [-0.3, -0.25) is 0 Å². The maximum absolute atomic E-state index is 3.63. The maximum atomic E-state index is 3.63. The van der Waals surface area contributed by atoms with Crippen LogP contribution in [-0.2, 0) is 6.54 Å². The number of nitrogens with one attached hydrogen (secondary N) is 2. The first-order valence-corrected chi connectivity index (χ1v) is 7.65. The first-order valence-electron chi connectivity index (χ1n) is 6.67. The third-order valence-electron chi connectivity index (χ3n) is 3.79. The molecule has 3 heteroatoms. The van der Waals surface area contributed by atoms with Crippen molar-refractivity contribution in [2.75, 3.05) is 12.3 Å². The molecule has 1 aliphatic heterocycles. The number of fused-ring (bicyclic) bond motifs is 1. The summed E-state index contributed by atoms with van der Waals surface area (Å²) >= 11 is 2.11. The van der Waals surface area contributed by atoms with Crippen molar-refractivity contribution in [3.63, 3.8) is 0 Å². The Balaban J connectivity index is 1.64. The number of thioether (sulfide) groups is 1. The van der Waals surface area contributed by atoms with Crippen LogP contribution in [0.1, 0.15) is 25.3 Å². The molecular weight excluding hydrogens is 240 g/mol. The lowest BCUT2D eigenvalue weighted by molar-refractivity contribution is 0.538. The van der Waals surface area contributed by atoms with Crippen LogP contribution < -0.4 is 5.32 Å². The minimum absolute atomic E-state index is 0.448. The number of rotatable bonds is 4. The van der Waals surface area contributed by atoms with Gasteiger partial charge < -0.3 is 10.3 Å². The molecule has 0 spiro atoms. The van der Waals surface area contributed by atoms with Gasteiger partial charge >= 0.3 is 0 Å². The van der Waals surface area contributed by atoms with E-state index in [0.717, 1.165) is 13.1 Å². The van der Waals surface area contributed by atoms with Gasteiger partial charge in [-0.05, 0) is 42.5 Å². The van der Waals surface area contributed by atoms with Gasteiger partial charge in [-0.15, -0.1) is 0 Å². The largest absolute Gasteiger partial charge is 0.361 e. The molecule has 2 aromatic rings. The highest BCUT2D eigenvalue weighted by Crippen LogP contribution is 2.37. The van der Waals surface area contributed by atoms with E-state index in [0.29, 0.717) is 4.75 Å². The summed E-state index contributed by atoms with van der Waals surface area (Å²) in [5.74, 6) is 1.32. The van der Waals surface area contributed by atoms with E-state index < -0.39 is 0 Å². The second-order valence-corrected chi connectivity index (χ2v) is 7.05. The summed E-state index contributed by atoms with van der Waals surface area (Å²) < 4.78 is 0.448. The Bertz CT molecular complexity index is 526. The Morgan fingerprint density at radius 2 is 2.33 bits per heavy atom. The third-order valence-corrected chi connectivity index (χ3v) is 5.33. The normalized spacial score (nSPS) is 23.8. The zero-order valence-electron chi connectivity index (χ0n) is 10.8. The van der Waals surface area contributed by atoms with Crippen molar-refractivity contribution in [1.29, 1.82) is 0 Å². The van der Waals surface area contributed by atoms with E-state index in [1.807, 2.05) is 6.20 Å². The Morgan fingerprint density at radius 3 is 3.17 bits per heavy atom. The van der Waals surface area contributed by atoms with Crippen LogP contribution in [0.5, 0.6) is 0 Å². The van der Waals surface area contributed by atoms with Gasteiger partial charge in [0.05, 0.1) is 0 Å². The fraction of sp³-hybridized carbons (Fsp3) is 0.467. The molecule has 1 saturated heterocycles. The first kappa shape index (κ1) is 12.1. The lowest BCUT2D eigenvalue weighted by Gasteiger charge is -2.23. The van der Waals surface area contributed by atoms with Crippen LogP contribution in [0, 0.1) is 0 Å². The predicted octanol–water partition coefficient (Wildman–Crippen LogP) is 3.54. The molecular formula is C15H20N2S. The highest BCUT2D eigenvalue weighted by Gasteiger charge is 2.28. The van der Waals surface area contributed by atoms with Gasteiger partial charge in [0.1, 0.15) is 0 Å². The van der Waals surface area contributed by atoms with Crippen molar-refractivity contribution in [3.05, 3.63) is 36.0 Å². The molecule has 0 amide bonds. The summed E-state index contributed by atoms with van der Waals surface area (Å²) in [6.07, 6.45) is 4.73. The fourth-order valence-corrected chi connectivity index (χ4v) is 4.01. The average molecular weight is 260 g/mol. The Labute approximate surface area is 113 Å².